The molecule has 1 aromatic heterocycles. The Bertz CT molecular complexity index is 703. The second-order valence-corrected chi connectivity index (χ2v) is 5.91. The van der Waals surface area contributed by atoms with E-state index in [1.807, 2.05) is 31.2 Å². The molecule has 6 nitrogen and oxygen atoms in total. The number of aryl methyl sites for hydroxylation is 1. The molecular weight excluding hydrogens is 306 g/mol. The number of hydrogen-bond acceptors (Lipinski definition) is 6. The first kappa shape index (κ1) is 16.4. The van der Waals surface area contributed by atoms with Crippen molar-refractivity contribution in [1.29, 1.82) is 0 Å². The number of rotatable bonds is 5. The standard InChI is InChI=1S/C18H21N3O3/c1-12-9-10-17(21-20-12)19-14-6-3-5-13(11-14)18(22)24-16-8-4-7-15(16)23-2/h3,5-6,9-11,15-16H,4,7-8H2,1-2H3,(H,19,21). The highest BCUT2D eigenvalue weighted by Crippen LogP contribution is 2.26. The second kappa shape index (κ2) is 7.40. The average Bonchev–Trinajstić information content (AvgIpc) is 3.04. The first-order valence-corrected chi connectivity index (χ1v) is 8.07. The van der Waals surface area contributed by atoms with Crippen LogP contribution in [0.3, 0.4) is 0 Å². The number of ether oxygens (including phenoxy) is 2. The quantitative estimate of drug-likeness (QED) is 0.850. The molecule has 1 fully saturated rings. The number of anilines is 2. The van der Waals surface area contributed by atoms with E-state index in [9.17, 15) is 4.79 Å². The summed E-state index contributed by atoms with van der Waals surface area (Å²) >= 11 is 0. The van der Waals surface area contributed by atoms with Gasteiger partial charge in [0.2, 0.25) is 0 Å². The normalized spacial score (nSPS) is 19.9. The minimum absolute atomic E-state index is 0.00177. The van der Waals surface area contributed by atoms with Crippen LogP contribution in [0.5, 0.6) is 0 Å². The van der Waals surface area contributed by atoms with Gasteiger partial charge in [0.25, 0.3) is 0 Å². The van der Waals surface area contributed by atoms with Gasteiger partial charge in [0.05, 0.1) is 17.4 Å². The summed E-state index contributed by atoms with van der Waals surface area (Å²) in [5.41, 5.74) is 2.11. The molecule has 2 unspecified atom stereocenters. The van der Waals surface area contributed by atoms with Gasteiger partial charge in [-0.25, -0.2) is 4.79 Å². The molecule has 1 saturated carbocycles. The number of methoxy groups -OCH3 is 1. The Balaban J connectivity index is 1.68. The zero-order valence-corrected chi connectivity index (χ0v) is 13.9. The Hall–Kier alpha value is -2.47. The van der Waals surface area contributed by atoms with Crippen LogP contribution in [0.1, 0.15) is 35.3 Å². The largest absolute Gasteiger partial charge is 0.456 e. The third kappa shape index (κ3) is 3.89. The van der Waals surface area contributed by atoms with Gasteiger partial charge >= 0.3 is 5.97 Å². The maximum atomic E-state index is 12.4. The summed E-state index contributed by atoms with van der Waals surface area (Å²) in [5, 5.41) is 11.2. The smallest absolute Gasteiger partial charge is 0.338 e. The van der Waals surface area contributed by atoms with Crippen LogP contribution >= 0.6 is 0 Å². The molecule has 1 aromatic carbocycles. The second-order valence-electron chi connectivity index (χ2n) is 5.91. The Kier molecular flexibility index (Phi) is 5.05. The van der Waals surface area contributed by atoms with Crippen molar-refractivity contribution >= 4 is 17.5 Å². The number of carbonyl (C=O) groups excluding carboxylic acids is 1. The fourth-order valence-corrected chi connectivity index (χ4v) is 2.84. The Labute approximate surface area is 141 Å². The number of hydrogen-bond donors (Lipinski definition) is 1. The van der Waals surface area contributed by atoms with Gasteiger partial charge in [0.1, 0.15) is 6.10 Å². The van der Waals surface area contributed by atoms with Crippen molar-refractivity contribution in [1.82, 2.24) is 10.2 Å². The van der Waals surface area contributed by atoms with E-state index in [1.165, 1.54) is 0 Å². The SMILES string of the molecule is COC1CCCC1OC(=O)c1cccc(Nc2ccc(C)nn2)c1. The van der Waals surface area contributed by atoms with Crippen molar-refractivity contribution in [3.05, 3.63) is 47.7 Å². The van der Waals surface area contributed by atoms with Gasteiger partial charge in [-0.05, 0) is 56.5 Å². The predicted molar refractivity (Wildman–Crippen MR) is 90.3 cm³/mol. The van der Waals surface area contributed by atoms with Crippen LogP contribution in [0.25, 0.3) is 0 Å². The van der Waals surface area contributed by atoms with Crippen molar-refractivity contribution in [3.8, 4) is 0 Å². The Morgan fingerprint density at radius 2 is 2.00 bits per heavy atom. The van der Waals surface area contributed by atoms with Gasteiger partial charge in [0, 0.05) is 12.8 Å². The van der Waals surface area contributed by atoms with Crippen molar-refractivity contribution in [2.75, 3.05) is 12.4 Å². The first-order chi connectivity index (χ1) is 11.7. The van der Waals surface area contributed by atoms with E-state index in [4.69, 9.17) is 9.47 Å². The number of esters is 1. The summed E-state index contributed by atoms with van der Waals surface area (Å²) in [6.45, 7) is 1.88. The van der Waals surface area contributed by atoms with Gasteiger partial charge in [-0.15, -0.1) is 5.10 Å². The molecule has 24 heavy (non-hydrogen) atoms. The van der Waals surface area contributed by atoms with Gasteiger partial charge < -0.3 is 14.8 Å². The lowest BCUT2D eigenvalue weighted by Crippen LogP contribution is -2.27. The molecule has 0 aliphatic heterocycles. The van der Waals surface area contributed by atoms with Crippen LogP contribution < -0.4 is 5.32 Å². The molecule has 1 aliphatic rings. The fraction of sp³-hybridized carbons (Fsp3) is 0.389. The lowest BCUT2D eigenvalue weighted by Gasteiger charge is -2.18. The average molecular weight is 327 g/mol. The van der Waals surface area contributed by atoms with E-state index in [1.54, 1.807) is 19.2 Å². The summed E-state index contributed by atoms with van der Waals surface area (Å²) in [4.78, 5) is 12.4. The molecule has 0 amide bonds. The topological polar surface area (TPSA) is 73.3 Å². The van der Waals surface area contributed by atoms with Crippen LogP contribution in [-0.4, -0.2) is 35.5 Å². The molecule has 0 bridgehead atoms. The molecule has 1 aliphatic carbocycles. The van der Waals surface area contributed by atoms with Gasteiger partial charge in [-0.3, -0.25) is 0 Å². The van der Waals surface area contributed by atoms with E-state index in [0.29, 0.717) is 11.4 Å². The van der Waals surface area contributed by atoms with E-state index in [2.05, 4.69) is 15.5 Å². The minimum Gasteiger partial charge on any atom is -0.456 e. The number of nitrogens with one attached hydrogen (secondary N) is 1. The van der Waals surface area contributed by atoms with Crippen LogP contribution in [0.4, 0.5) is 11.5 Å². The van der Waals surface area contributed by atoms with Crippen LogP contribution in [-0.2, 0) is 9.47 Å². The van der Waals surface area contributed by atoms with Gasteiger partial charge in [-0.2, -0.15) is 5.10 Å². The molecule has 6 heteroatoms. The number of carbonyl (C=O) groups is 1. The van der Waals surface area contributed by atoms with E-state index < -0.39 is 0 Å². The van der Waals surface area contributed by atoms with Crippen LogP contribution in [0.2, 0.25) is 0 Å². The van der Waals surface area contributed by atoms with Crippen molar-refractivity contribution in [3.63, 3.8) is 0 Å². The van der Waals surface area contributed by atoms with E-state index in [0.717, 1.165) is 30.6 Å². The molecule has 3 rings (SSSR count). The zero-order chi connectivity index (χ0) is 16.9. The number of aromatic nitrogens is 2. The summed E-state index contributed by atoms with van der Waals surface area (Å²) < 4.78 is 11.0. The van der Waals surface area contributed by atoms with Crippen molar-refractivity contribution < 1.29 is 14.3 Å². The maximum absolute atomic E-state index is 12.4. The molecule has 0 saturated heterocycles. The summed E-state index contributed by atoms with van der Waals surface area (Å²) in [7, 11) is 1.66. The van der Waals surface area contributed by atoms with Gasteiger partial charge in [-0.1, -0.05) is 6.07 Å². The Morgan fingerprint density at radius 1 is 1.17 bits per heavy atom. The lowest BCUT2D eigenvalue weighted by atomic mass is 10.2. The predicted octanol–water partition coefficient (Wildman–Crippen LogP) is 3.25. The summed E-state index contributed by atoms with van der Waals surface area (Å²) in [6.07, 6.45) is 2.63. The lowest BCUT2D eigenvalue weighted by molar-refractivity contribution is -0.0206. The fourth-order valence-electron chi connectivity index (χ4n) is 2.84. The first-order valence-electron chi connectivity index (χ1n) is 8.07. The van der Waals surface area contributed by atoms with E-state index in [-0.39, 0.29) is 18.2 Å². The Morgan fingerprint density at radius 3 is 2.75 bits per heavy atom. The zero-order valence-electron chi connectivity index (χ0n) is 13.9. The maximum Gasteiger partial charge on any atom is 0.338 e. The summed E-state index contributed by atoms with van der Waals surface area (Å²) in [6, 6.07) is 10.9. The molecule has 1 N–H and O–H groups in total. The number of benzene rings is 1. The molecular formula is C18H21N3O3. The van der Waals surface area contributed by atoms with Crippen molar-refractivity contribution in [2.45, 2.75) is 38.4 Å². The van der Waals surface area contributed by atoms with Gasteiger partial charge in [0.15, 0.2) is 5.82 Å². The van der Waals surface area contributed by atoms with E-state index >= 15 is 0 Å². The third-order valence-electron chi connectivity index (χ3n) is 4.12. The molecule has 0 radical (unpaired) electrons. The molecule has 126 valence electrons. The van der Waals surface area contributed by atoms with Crippen molar-refractivity contribution in [2.24, 2.45) is 0 Å². The van der Waals surface area contributed by atoms with Crippen LogP contribution in [0, 0.1) is 6.92 Å². The minimum atomic E-state index is -0.331. The highest BCUT2D eigenvalue weighted by atomic mass is 16.6. The third-order valence-corrected chi connectivity index (χ3v) is 4.12. The summed E-state index contributed by atoms with van der Waals surface area (Å²) in [5.74, 6) is 0.295. The number of nitrogens with zero attached hydrogens (tertiary/aromatic N) is 2. The molecule has 2 aromatic rings. The highest BCUT2D eigenvalue weighted by Gasteiger charge is 2.30. The monoisotopic (exact) mass is 327 g/mol. The highest BCUT2D eigenvalue weighted by molar-refractivity contribution is 5.90. The molecule has 2 atom stereocenters. The van der Waals surface area contributed by atoms with Crippen LogP contribution in [0.15, 0.2) is 36.4 Å². The molecule has 0 spiro atoms. The molecule has 1 heterocycles.